The first-order valence-corrected chi connectivity index (χ1v) is 17.4. The average Bonchev–Trinajstić information content (AvgIpc) is 4.05. The van der Waals surface area contributed by atoms with Crippen molar-refractivity contribution in [2.24, 2.45) is 11.7 Å². The summed E-state index contributed by atoms with van der Waals surface area (Å²) in [5, 5.41) is 6.98. The number of likely N-dealkylation sites (tertiary alicyclic amines) is 1. The Bertz CT molecular complexity index is 1370. The summed E-state index contributed by atoms with van der Waals surface area (Å²) in [6.45, 7) is 16.9. The molecule has 6 N–H and O–H groups in total. The van der Waals surface area contributed by atoms with Crippen LogP contribution in [0.15, 0.2) is 48.4 Å². The Morgan fingerprint density at radius 3 is 2.18 bits per heavy atom. The van der Waals surface area contributed by atoms with Crippen LogP contribution in [-0.4, -0.2) is 75.9 Å². The number of amides is 5. The van der Waals surface area contributed by atoms with Gasteiger partial charge in [-0.15, -0.1) is 26.0 Å². The van der Waals surface area contributed by atoms with Crippen LogP contribution in [0.1, 0.15) is 73.1 Å². The lowest BCUT2D eigenvalue weighted by Crippen LogP contribution is -2.49. The zero-order chi connectivity index (χ0) is 37.9. The Kier molecular flexibility index (Phi) is 25.9. The topological polar surface area (TPSA) is 193 Å². The maximum absolute atomic E-state index is 11.9. The number of carbonyl (C=O) groups excluding carboxylic acids is 4. The van der Waals surface area contributed by atoms with E-state index in [1.54, 1.807) is 25.4 Å². The lowest BCUT2D eigenvalue weighted by atomic mass is 10.2. The van der Waals surface area contributed by atoms with Crippen molar-refractivity contribution in [2.75, 3.05) is 20.2 Å². The van der Waals surface area contributed by atoms with E-state index in [4.69, 9.17) is 10.5 Å². The fourth-order valence-electron chi connectivity index (χ4n) is 3.85. The number of pyridine rings is 1. The number of hydrogen-bond donors (Lipinski definition) is 5. The fraction of sp³-hybridized carbons (Fsp3) is 0.514. The van der Waals surface area contributed by atoms with Gasteiger partial charge in [0.25, 0.3) is 5.56 Å². The van der Waals surface area contributed by atoms with Crippen LogP contribution in [0.25, 0.3) is 10.8 Å². The number of terminal acetylenes is 1. The van der Waals surface area contributed by atoms with E-state index in [-0.39, 0.29) is 29.2 Å². The predicted molar refractivity (Wildman–Crippen MR) is 198 cm³/mol. The normalized spacial score (nSPS) is 15.6. The number of urea groups is 1. The molecule has 49 heavy (non-hydrogen) atoms. The molecule has 274 valence electrons. The molecule has 2 saturated carbocycles. The van der Waals surface area contributed by atoms with E-state index in [0.29, 0.717) is 30.8 Å². The Labute approximate surface area is 293 Å². The number of H-pyrrole nitrogens is 1. The third kappa shape index (κ3) is 20.4. The fourth-order valence-corrected chi connectivity index (χ4v) is 4.70. The molecule has 3 aliphatic rings. The monoisotopic (exact) mass is 704 g/mol. The number of carbonyl (C=O) groups is 4. The summed E-state index contributed by atoms with van der Waals surface area (Å²) in [6.07, 6.45) is 15.6. The highest BCUT2D eigenvalue weighted by Crippen LogP contribution is 2.24. The molecule has 2 aliphatic carbocycles. The van der Waals surface area contributed by atoms with Gasteiger partial charge in [-0.3, -0.25) is 23.9 Å². The maximum Gasteiger partial charge on any atom is 0.312 e. The van der Waals surface area contributed by atoms with Crippen molar-refractivity contribution < 1.29 is 28.1 Å². The van der Waals surface area contributed by atoms with Crippen molar-refractivity contribution in [3.63, 3.8) is 0 Å². The van der Waals surface area contributed by atoms with Crippen LogP contribution in [-0.2, 0) is 25.4 Å². The molecule has 5 rings (SSSR count). The van der Waals surface area contributed by atoms with Gasteiger partial charge in [0.05, 0.1) is 18.9 Å². The summed E-state index contributed by atoms with van der Waals surface area (Å²) in [4.78, 5) is 59.4. The zero-order valence-corrected chi connectivity index (χ0v) is 30.6. The highest BCUT2D eigenvalue weighted by molar-refractivity contribution is 7.84. The van der Waals surface area contributed by atoms with Crippen molar-refractivity contribution in [3.8, 4) is 18.6 Å². The number of hydrogen-bond acceptors (Lipinski definition) is 7. The molecule has 1 aromatic carbocycles. The summed E-state index contributed by atoms with van der Waals surface area (Å²) in [7, 11) is 0.527. The number of benzene rings is 1. The summed E-state index contributed by atoms with van der Waals surface area (Å²) in [5.41, 5.74) is 4.84. The molecule has 3 fully saturated rings. The second-order valence-electron chi connectivity index (χ2n) is 11.0. The number of nitrogens with two attached hydrogens (primary N) is 1. The van der Waals surface area contributed by atoms with Gasteiger partial charge in [-0.25, -0.2) is 9.00 Å². The molecule has 1 unspecified atom stereocenters. The minimum absolute atomic E-state index is 0.0693. The van der Waals surface area contributed by atoms with Crippen molar-refractivity contribution >= 4 is 46.0 Å². The maximum atomic E-state index is 11.9. The number of rotatable bonds is 8. The van der Waals surface area contributed by atoms with E-state index in [1.807, 2.05) is 26.0 Å². The number of methoxy groups -OCH3 is 1. The third-order valence-corrected chi connectivity index (χ3v) is 7.59. The molecule has 0 spiro atoms. The minimum atomic E-state index is -1.08. The van der Waals surface area contributed by atoms with Gasteiger partial charge in [0.1, 0.15) is 22.8 Å². The van der Waals surface area contributed by atoms with Crippen molar-refractivity contribution in [2.45, 2.75) is 90.5 Å². The number of nitrogens with one attached hydrogen (secondary N) is 4. The molecule has 5 amide bonds. The Balaban J connectivity index is 0. The van der Waals surface area contributed by atoms with Gasteiger partial charge in [0, 0.05) is 24.2 Å². The number of aromatic amines is 1. The number of fused-ring (bicyclic) bond motifs is 1. The van der Waals surface area contributed by atoms with Crippen molar-refractivity contribution in [3.05, 3.63) is 54.0 Å². The second-order valence-corrected chi connectivity index (χ2v) is 12.5. The van der Waals surface area contributed by atoms with Gasteiger partial charge in [0.15, 0.2) is 0 Å². The Morgan fingerprint density at radius 2 is 1.69 bits per heavy atom. The summed E-state index contributed by atoms with van der Waals surface area (Å²) >= 11 is 0. The third-order valence-electron chi connectivity index (χ3n) is 6.19. The number of aromatic nitrogens is 1. The first-order chi connectivity index (χ1) is 23.5. The Hall–Kier alpha value is -4.64. The van der Waals surface area contributed by atoms with E-state index in [1.165, 1.54) is 4.90 Å². The lowest BCUT2D eigenvalue weighted by Gasteiger charge is -2.23. The number of primary amides is 1. The van der Waals surface area contributed by atoms with E-state index in [9.17, 15) is 28.2 Å². The van der Waals surface area contributed by atoms with Gasteiger partial charge >= 0.3 is 6.03 Å². The zero-order valence-electron chi connectivity index (χ0n) is 29.8. The molecule has 0 radical (unpaired) electrons. The van der Waals surface area contributed by atoms with Crippen molar-refractivity contribution in [1.29, 1.82) is 0 Å². The number of nitrogens with zero attached hydrogens (tertiary/aromatic N) is 1. The highest BCUT2D eigenvalue weighted by Gasteiger charge is 2.36. The van der Waals surface area contributed by atoms with E-state index in [2.05, 4.69) is 67.1 Å². The number of ether oxygens (including phenoxy) is 1. The molecule has 14 heteroatoms. The van der Waals surface area contributed by atoms with Crippen LogP contribution in [0.5, 0.6) is 5.75 Å². The predicted octanol–water partition coefficient (Wildman–Crippen LogP) is 3.76. The van der Waals surface area contributed by atoms with E-state index in [0.717, 1.165) is 49.2 Å². The molecule has 2 heterocycles. The van der Waals surface area contributed by atoms with Crippen LogP contribution in [0, 0.1) is 18.8 Å². The molecule has 2 atom stereocenters. The van der Waals surface area contributed by atoms with Gasteiger partial charge in [-0.05, 0) is 74.1 Å². The summed E-state index contributed by atoms with van der Waals surface area (Å²) in [6, 6.07) is 6.38. The SMILES string of the molecule is C#C.C=C.CC.CC(C)C.COc1ccc2c(=O)[nH]ccc2c1.NC(=O)NCC(=O)N1CCC[C@H]1C(=O)NC1CC1.O=CNS(=O)C1CC1. The first-order valence-electron chi connectivity index (χ1n) is 16.2. The van der Waals surface area contributed by atoms with Gasteiger partial charge in [-0.2, -0.15) is 0 Å². The standard InChI is InChI=1S/C11H18N4O3.C10H9NO2.C4H7NO2S.C4H10.C2H6.C2H4.C2H2/c12-11(18)13-6-9(16)15-5-1-2-8(15)10(17)14-7-3-4-7;1-13-8-2-3-9-7(6-8)4-5-11-10(9)12;6-3-5-8(7)4-1-2-4;1-4(2)3;3*1-2/h7-8H,1-6H2,(H,14,17)(H3,12,13,18);2-6H,1H3,(H,11,12);3-4H,1-2H2,(H,5,6);4H,1-3H3;1-2H3;1-2H2;1-2H/t8-;;;;;;/m0....../s1. The molecular formula is C35H56N6O7S. The molecule has 13 nitrogen and oxygen atoms in total. The Morgan fingerprint density at radius 1 is 1.10 bits per heavy atom. The van der Waals surface area contributed by atoms with Crippen LogP contribution in [0.4, 0.5) is 4.79 Å². The van der Waals surface area contributed by atoms with Gasteiger partial charge in [0.2, 0.25) is 18.2 Å². The highest BCUT2D eigenvalue weighted by atomic mass is 32.2. The molecule has 1 aromatic heterocycles. The summed E-state index contributed by atoms with van der Waals surface area (Å²) in [5.74, 6) is 1.25. The molecular weight excluding hydrogens is 648 g/mol. The van der Waals surface area contributed by atoms with Crippen LogP contribution in [0.2, 0.25) is 0 Å². The lowest BCUT2D eigenvalue weighted by molar-refractivity contribution is -0.137. The largest absolute Gasteiger partial charge is 0.497 e. The molecule has 0 bridgehead atoms. The van der Waals surface area contributed by atoms with E-state index < -0.39 is 23.1 Å². The van der Waals surface area contributed by atoms with E-state index >= 15 is 0 Å². The van der Waals surface area contributed by atoms with Crippen LogP contribution < -0.4 is 31.4 Å². The smallest absolute Gasteiger partial charge is 0.312 e. The van der Waals surface area contributed by atoms with Gasteiger partial charge < -0.3 is 31.0 Å². The van der Waals surface area contributed by atoms with Crippen LogP contribution in [0.3, 0.4) is 0 Å². The average molecular weight is 705 g/mol. The first kappa shape index (κ1) is 46.5. The summed E-state index contributed by atoms with van der Waals surface area (Å²) < 4.78 is 17.8. The molecule has 1 saturated heterocycles. The molecule has 1 aliphatic heterocycles. The molecule has 2 aromatic rings. The quantitative estimate of drug-likeness (QED) is 0.157. The van der Waals surface area contributed by atoms with Crippen LogP contribution >= 0.6 is 0 Å². The van der Waals surface area contributed by atoms with Gasteiger partial charge in [-0.1, -0.05) is 34.6 Å². The second kappa shape index (κ2) is 27.3. The minimum Gasteiger partial charge on any atom is -0.497 e. The van der Waals surface area contributed by atoms with Crippen molar-refractivity contribution in [1.82, 2.24) is 25.2 Å².